The van der Waals surface area contributed by atoms with Crippen LogP contribution in [-0.4, -0.2) is 17.9 Å². The summed E-state index contributed by atoms with van der Waals surface area (Å²) in [6, 6.07) is 23.8. The van der Waals surface area contributed by atoms with Gasteiger partial charge in [-0.25, -0.2) is 0 Å². The summed E-state index contributed by atoms with van der Waals surface area (Å²) in [6.45, 7) is 4.97. The fourth-order valence-electron chi connectivity index (χ4n) is 2.87. The van der Waals surface area contributed by atoms with E-state index in [0.29, 0.717) is 30.0 Å². The molecule has 0 aliphatic rings. The monoisotopic (exact) mass is 402 g/mol. The molecule has 0 radical (unpaired) electrons. The molecule has 0 aliphatic carbocycles. The maximum Gasteiger partial charge on any atom is 0.255 e. The third-order valence-corrected chi connectivity index (χ3v) is 4.52. The van der Waals surface area contributed by atoms with Crippen LogP contribution in [0.2, 0.25) is 0 Å². The lowest BCUT2D eigenvalue weighted by Crippen LogP contribution is -2.24. The number of hydrogen-bond donors (Lipinski definition) is 2. The Morgan fingerprint density at radius 3 is 2.13 bits per heavy atom. The molecule has 0 heterocycles. The van der Waals surface area contributed by atoms with E-state index in [1.165, 1.54) is 0 Å². The van der Waals surface area contributed by atoms with Gasteiger partial charge in [0.1, 0.15) is 0 Å². The first-order valence-electron chi connectivity index (χ1n) is 9.96. The predicted octanol–water partition coefficient (Wildman–Crippen LogP) is 4.79. The lowest BCUT2D eigenvalue weighted by atomic mass is 10.1. The minimum absolute atomic E-state index is 0.186. The fourth-order valence-corrected chi connectivity index (χ4v) is 2.87. The quantitative estimate of drug-likeness (QED) is 0.569. The Balaban J connectivity index is 1.61. The molecule has 0 aromatic heterocycles. The third-order valence-electron chi connectivity index (χ3n) is 4.52. The van der Waals surface area contributed by atoms with Gasteiger partial charge in [0.25, 0.3) is 11.8 Å². The molecule has 30 heavy (non-hydrogen) atoms. The molecule has 3 aromatic carbocycles. The van der Waals surface area contributed by atoms with Crippen LogP contribution in [0.4, 0.5) is 5.69 Å². The van der Waals surface area contributed by atoms with Crippen molar-refractivity contribution in [3.8, 4) is 0 Å². The maximum atomic E-state index is 12.7. The van der Waals surface area contributed by atoms with E-state index in [4.69, 9.17) is 4.74 Å². The largest absolute Gasteiger partial charge is 0.374 e. The molecular formula is C25H26N2O3. The second-order valence-electron chi connectivity index (χ2n) is 7.22. The second-order valence-corrected chi connectivity index (χ2v) is 7.22. The molecule has 0 fully saturated rings. The zero-order chi connectivity index (χ0) is 21.3. The van der Waals surface area contributed by atoms with Crippen LogP contribution in [0.25, 0.3) is 0 Å². The van der Waals surface area contributed by atoms with E-state index in [0.717, 1.165) is 11.1 Å². The van der Waals surface area contributed by atoms with Gasteiger partial charge < -0.3 is 15.4 Å². The first-order valence-corrected chi connectivity index (χ1v) is 9.96. The highest BCUT2D eigenvalue weighted by Gasteiger charge is 2.13. The molecular weight excluding hydrogens is 376 g/mol. The summed E-state index contributed by atoms with van der Waals surface area (Å²) in [6.07, 6.45) is 0.186. The minimum atomic E-state index is -0.255. The molecule has 0 unspecified atom stereocenters. The van der Waals surface area contributed by atoms with Crippen LogP contribution in [0.5, 0.6) is 0 Å². The molecule has 0 saturated heterocycles. The van der Waals surface area contributed by atoms with E-state index in [2.05, 4.69) is 10.6 Å². The zero-order valence-electron chi connectivity index (χ0n) is 17.2. The van der Waals surface area contributed by atoms with E-state index in [9.17, 15) is 9.59 Å². The van der Waals surface area contributed by atoms with Crippen molar-refractivity contribution in [1.29, 1.82) is 0 Å². The van der Waals surface area contributed by atoms with Gasteiger partial charge in [0.2, 0.25) is 0 Å². The first kappa shape index (κ1) is 21.3. The average Bonchev–Trinajstić information content (AvgIpc) is 2.77. The summed E-state index contributed by atoms with van der Waals surface area (Å²) in [4.78, 5) is 25.2. The number of benzene rings is 3. The minimum Gasteiger partial charge on any atom is -0.374 e. The van der Waals surface area contributed by atoms with E-state index >= 15 is 0 Å². The van der Waals surface area contributed by atoms with Gasteiger partial charge in [0.05, 0.1) is 24.0 Å². The van der Waals surface area contributed by atoms with Crippen molar-refractivity contribution < 1.29 is 14.3 Å². The predicted molar refractivity (Wildman–Crippen MR) is 118 cm³/mol. The van der Waals surface area contributed by atoms with E-state index in [-0.39, 0.29) is 17.9 Å². The Morgan fingerprint density at radius 2 is 1.43 bits per heavy atom. The summed E-state index contributed by atoms with van der Waals surface area (Å²) in [7, 11) is 0. The van der Waals surface area contributed by atoms with Gasteiger partial charge in [-0.15, -0.1) is 0 Å². The molecule has 3 rings (SSSR count). The van der Waals surface area contributed by atoms with Crippen LogP contribution in [0, 0.1) is 0 Å². The standard InChI is InChI=1S/C25H26N2O3/c1-18(2)30-17-20-14-12-19(13-15-20)16-26-25(29)22-10-6-7-11-23(22)27-24(28)21-8-4-3-5-9-21/h3-15,18H,16-17H2,1-2H3,(H,26,29)(H,27,28). The third kappa shape index (κ3) is 6.03. The maximum absolute atomic E-state index is 12.7. The van der Waals surface area contributed by atoms with Gasteiger partial charge in [-0.3, -0.25) is 9.59 Å². The van der Waals surface area contributed by atoms with Crippen molar-refractivity contribution >= 4 is 17.5 Å². The van der Waals surface area contributed by atoms with Crippen LogP contribution in [-0.2, 0) is 17.9 Å². The molecule has 0 aliphatic heterocycles. The Morgan fingerprint density at radius 1 is 0.800 bits per heavy atom. The van der Waals surface area contributed by atoms with Crippen molar-refractivity contribution in [2.45, 2.75) is 33.1 Å². The number of carbonyl (C=O) groups excluding carboxylic acids is 2. The lowest BCUT2D eigenvalue weighted by Gasteiger charge is -2.12. The van der Waals surface area contributed by atoms with Gasteiger partial charge in [0.15, 0.2) is 0 Å². The number of para-hydroxylation sites is 1. The number of hydrogen-bond acceptors (Lipinski definition) is 3. The molecule has 3 aromatic rings. The van der Waals surface area contributed by atoms with Crippen molar-refractivity contribution in [3.05, 3.63) is 101 Å². The molecule has 0 bridgehead atoms. The van der Waals surface area contributed by atoms with Gasteiger partial charge in [-0.05, 0) is 49.2 Å². The molecule has 154 valence electrons. The normalized spacial score (nSPS) is 10.6. The number of ether oxygens (including phenoxy) is 1. The summed E-state index contributed by atoms with van der Waals surface area (Å²) in [5.74, 6) is -0.499. The van der Waals surface area contributed by atoms with Crippen molar-refractivity contribution in [2.24, 2.45) is 0 Å². The highest BCUT2D eigenvalue weighted by atomic mass is 16.5. The number of amides is 2. The molecule has 5 heteroatoms. The van der Waals surface area contributed by atoms with E-state index in [1.54, 1.807) is 48.5 Å². The number of rotatable bonds is 8. The highest BCUT2D eigenvalue weighted by molar-refractivity contribution is 6.08. The summed E-state index contributed by atoms with van der Waals surface area (Å²) < 4.78 is 5.60. The number of anilines is 1. The second kappa shape index (κ2) is 10.4. The molecule has 0 saturated carbocycles. The smallest absolute Gasteiger partial charge is 0.255 e. The van der Waals surface area contributed by atoms with Gasteiger partial charge in [0, 0.05) is 12.1 Å². The van der Waals surface area contributed by atoms with Crippen molar-refractivity contribution in [1.82, 2.24) is 5.32 Å². The van der Waals surface area contributed by atoms with E-state index in [1.807, 2.05) is 44.2 Å². The lowest BCUT2D eigenvalue weighted by molar-refractivity contribution is 0.0657. The SMILES string of the molecule is CC(C)OCc1ccc(CNC(=O)c2ccccc2NC(=O)c2ccccc2)cc1. The Bertz CT molecular complexity index is 983. The molecule has 0 spiro atoms. The average molecular weight is 402 g/mol. The summed E-state index contributed by atoms with van der Waals surface area (Å²) >= 11 is 0. The van der Waals surface area contributed by atoms with E-state index < -0.39 is 0 Å². The fraction of sp³-hybridized carbons (Fsp3) is 0.200. The van der Waals surface area contributed by atoms with Crippen LogP contribution >= 0.6 is 0 Å². The van der Waals surface area contributed by atoms with Crippen LogP contribution < -0.4 is 10.6 Å². The molecule has 5 nitrogen and oxygen atoms in total. The number of nitrogens with one attached hydrogen (secondary N) is 2. The summed E-state index contributed by atoms with van der Waals surface area (Å²) in [5, 5.41) is 5.74. The zero-order valence-corrected chi connectivity index (χ0v) is 17.2. The van der Waals surface area contributed by atoms with Crippen molar-refractivity contribution in [2.75, 3.05) is 5.32 Å². The van der Waals surface area contributed by atoms with Gasteiger partial charge in [-0.2, -0.15) is 0 Å². The topological polar surface area (TPSA) is 67.4 Å². The summed E-state index contributed by atoms with van der Waals surface area (Å²) in [5.41, 5.74) is 3.51. The first-order chi connectivity index (χ1) is 14.5. The molecule has 2 amide bonds. The van der Waals surface area contributed by atoms with Gasteiger partial charge >= 0.3 is 0 Å². The van der Waals surface area contributed by atoms with Crippen LogP contribution in [0.1, 0.15) is 45.7 Å². The molecule has 2 N–H and O–H groups in total. The Labute approximate surface area is 177 Å². The Hall–Kier alpha value is -3.44. The Kier molecular flexibility index (Phi) is 7.35. The van der Waals surface area contributed by atoms with Crippen LogP contribution in [0.15, 0.2) is 78.9 Å². The van der Waals surface area contributed by atoms with Crippen LogP contribution in [0.3, 0.4) is 0 Å². The van der Waals surface area contributed by atoms with Crippen molar-refractivity contribution in [3.63, 3.8) is 0 Å². The highest BCUT2D eigenvalue weighted by Crippen LogP contribution is 2.17. The molecule has 0 atom stereocenters. The van der Waals surface area contributed by atoms with Gasteiger partial charge in [-0.1, -0.05) is 54.6 Å². The number of carbonyl (C=O) groups is 2.